The highest BCUT2D eigenvalue weighted by Crippen LogP contribution is 2.21. The molecule has 0 saturated carbocycles. The third kappa shape index (κ3) is 1.84. The number of hydrogen-bond donors (Lipinski definition) is 2. The smallest absolute Gasteiger partial charge is 0.0314 e. The minimum atomic E-state index is 0.229. The van der Waals surface area contributed by atoms with E-state index in [0.717, 1.165) is 12.8 Å². The number of allylic oxidation sites excluding steroid dienone is 1. The molecule has 0 aliphatic heterocycles. The topological polar surface area (TPSA) is 38.0 Å². The highest BCUT2D eigenvalue weighted by Gasteiger charge is 2.13. The van der Waals surface area contributed by atoms with E-state index in [0.29, 0.717) is 0 Å². The first kappa shape index (κ1) is 8.34. The van der Waals surface area contributed by atoms with Crippen molar-refractivity contribution in [3.8, 4) is 0 Å². The predicted molar refractivity (Wildman–Crippen MR) is 48.1 cm³/mol. The van der Waals surface area contributed by atoms with Gasteiger partial charge in [0.15, 0.2) is 0 Å². The van der Waals surface area contributed by atoms with E-state index in [9.17, 15) is 0 Å². The Morgan fingerprint density at radius 2 is 2.45 bits per heavy atom. The largest absolute Gasteiger partial charge is 0.394 e. The van der Waals surface area contributed by atoms with Gasteiger partial charge in [-0.05, 0) is 30.9 Å². The van der Waals surface area contributed by atoms with Crippen molar-refractivity contribution in [3.05, 3.63) is 23.4 Å². The number of nitrogens with one attached hydrogen (secondary N) is 1. The maximum Gasteiger partial charge on any atom is 0.0314 e. The molecule has 62 valence electrons. The molecule has 1 rings (SSSR count). The van der Waals surface area contributed by atoms with Gasteiger partial charge in [0.1, 0.15) is 0 Å². The van der Waals surface area contributed by atoms with Crippen LogP contribution in [-0.4, -0.2) is 13.1 Å². The van der Waals surface area contributed by atoms with E-state index in [-0.39, 0.29) is 6.04 Å². The fourth-order valence-corrected chi connectivity index (χ4v) is 1.42. The van der Waals surface area contributed by atoms with Crippen molar-refractivity contribution in [1.29, 1.82) is 0 Å². The van der Waals surface area contributed by atoms with Crippen LogP contribution in [0.2, 0.25) is 0 Å². The molecule has 0 aromatic carbocycles. The summed E-state index contributed by atoms with van der Waals surface area (Å²) in [6.07, 6.45) is 6.43. The third-order valence-corrected chi connectivity index (χ3v) is 2.08. The molecule has 0 saturated heterocycles. The molecule has 0 amide bonds. The van der Waals surface area contributed by atoms with Crippen molar-refractivity contribution in [2.24, 2.45) is 5.73 Å². The van der Waals surface area contributed by atoms with Crippen molar-refractivity contribution in [1.82, 2.24) is 5.32 Å². The lowest BCUT2D eigenvalue weighted by molar-refractivity contribution is 0.674. The minimum absolute atomic E-state index is 0.229. The Morgan fingerprint density at radius 3 is 3.00 bits per heavy atom. The third-order valence-electron chi connectivity index (χ3n) is 2.08. The van der Waals surface area contributed by atoms with Gasteiger partial charge in [0.2, 0.25) is 0 Å². The summed E-state index contributed by atoms with van der Waals surface area (Å²) in [6, 6.07) is 0.229. The summed E-state index contributed by atoms with van der Waals surface area (Å²) in [6.45, 7) is 2.11. The van der Waals surface area contributed by atoms with Gasteiger partial charge in [0, 0.05) is 19.3 Å². The summed E-state index contributed by atoms with van der Waals surface area (Å²) in [4.78, 5) is 0. The summed E-state index contributed by atoms with van der Waals surface area (Å²) in [5, 5.41) is 3.02. The lowest BCUT2D eigenvalue weighted by Gasteiger charge is -2.20. The Kier molecular flexibility index (Phi) is 2.71. The first-order valence-corrected chi connectivity index (χ1v) is 4.05. The van der Waals surface area contributed by atoms with Gasteiger partial charge in [-0.25, -0.2) is 0 Å². The predicted octanol–water partition coefficient (Wildman–Crippen LogP) is 1.16. The zero-order valence-corrected chi connectivity index (χ0v) is 7.22. The van der Waals surface area contributed by atoms with Gasteiger partial charge in [0.25, 0.3) is 0 Å². The van der Waals surface area contributed by atoms with Crippen molar-refractivity contribution >= 4 is 0 Å². The van der Waals surface area contributed by atoms with E-state index >= 15 is 0 Å². The molecule has 1 aliphatic rings. The lowest BCUT2D eigenvalue weighted by atomic mass is 9.91. The second-order valence-corrected chi connectivity index (χ2v) is 2.96. The van der Waals surface area contributed by atoms with Crippen LogP contribution in [0.5, 0.6) is 0 Å². The van der Waals surface area contributed by atoms with Crippen LogP contribution in [0.3, 0.4) is 0 Å². The van der Waals surface area contributed by atoms with Gasteiger partial charge < -0.3 is 11.1 Å². The molecular formula is C9H16N2. The molecule has 11 heavy (non-hydrogen) atoms. The van der Waals surface area contributed by atoms with E-state index < -0.39 is 0 Å². The summed E-state index contributed by atoms with van der Waals surface area (Å²) in [7, 11) is 1.90. The molecule has 1 atom stereocenters. The number of hydrogen-bond acceptors (Lipinski definition) is 2. The number of rotatable bonds is 1. The highest BCUT2D eigenvalue weighted by atomic mass is 14.8. The monoisotopic (exact) mass is 152 g/mol. The maximum absolute atomic E-state index is 5.91. The van der Waals surface area contributed by atoms with E-state index in [1.807, 2.05) is 13.2 Å². The Morgan fingerprint density at radius 1 is 1.73 bits per heavy atom. The van der Waals surface area contributed by atoms with Gasteiger partial charge in [-0.2, -0.15) is 0 Å². The normalized spacial score (nSPS) is 28.5. The first-order chi connectivity index (χ1) is 5.25. The molecule has 0 spiro atoms. The van der Waals surface area contributed by atoms with Crippen LogP contribution in [0, 0.1) is 0 Å². The molecule has 0 aromatic rings. The second-order valence-electron chi connectivity index (χ2n) is 2.96. The van der Waals surface area contributed by atoms with Crippen molar-refractivity contribution in [3.63, 3.8) is 0 Å². The highest BCUT2D eigenvalue weighted by molar-refractivity contribution is 5.35. The first-order valence-electron chi connectivity index (χ1n) is 4.05. The van der Waals surface area contributed by atoms with Gasteiger partial charge in [-0.3, -0.25) is 0 Å². The van der Waals surface area contributed by atoms with Crippen molar-refractivity contribution in [2.75, 3.05) is 7.05 Å². The standard InChI is InChI=1S/C9H16N2/c1-7-4-3-5-9(10)8(7)6-11-2/h4,6,9,11H,3,5,10H2,1-2H3/b8-6-. The van der Waals surface area contributed by atoms with Crippen LogP contribution in [0.4, 0.5) is 0 Å². The summed E-state index contributed by atoms with van der Waals surface area (Å²) in [5.41, 5.74) is 8.47. The van der Waals surface area contributed by atoms with Gasteiger partial charge in [-0.15, -0.1) is 0 Å². The van der Waals surface area contributed by atoms with E-state index in [4.69, 9.17) is 5.73 Å². The second kappa shape index (κ2) is 3.58. The van der Waals surface area contributed by atoms with E-state index in [1.165, 1.54) is 11.1 Å². The van der Waals surface area contributed by atoms with Crippen LogP contribution in [0.15, 0.2) is 23.4 Å². The van der Waals surface area contributed by atoms with Crippen molar-refractivity contribution < 1.29 is 0 Å². The SMILES string of the molecule is CN/C=C1/C(C)=CCCC1N. The molecule has 3 N–H and O–H groups in total. The van der Waals surface area contributed by atoms with Gasteiger partial charge in [-0.1, -0.05) is 6.08 Å². The molecular weight excluding hydrogens is 136 g/mol. The van der Waals surface area contributed by atoms with Crippen LogP contribution >= 0.6 is 0 Å². The molecule has 0 fully saturated rings. The van der Waals surface area contributed by atoms with Crippen LogP contribution < -0.4 is 11.1 Å². The Labute approximate surface area is 68.2 Å². The molecule has 0 aromatic heterocycles. The lowest BCUT2D eigenvalue weighted by Crippen LogP contribution is -2.26. The molecule has 0 heterocycles. The summed E-state index contributed by atoms with van der Waals surface area (Å²) >= 11 is 0. The van der Waals surface area contributed by atoms with Crippen LogP contribution in [0.1, 0.15) is 19.8 Å². The van der Waals surface area contributed by atoms with Gasteiger partial charge in [0.05, 0.1) is 0 Å². The molecule has 2 heteroatoms. The Bertz CT molecular complexity index is 192. The molecule has 1 unspecified atom stereocenters. The average Bonchev–Trinajstić information content (AvgIpc) is 1.97. The minimum Gasteiger partial charge on any atom is -0.394 e. The maximum atomic E-state index is 5.91. The van der Waals surface area contributed by atoms with Crippen LogP contribution in [-0.2, 0) is 0 Å². The molecule has 2 nitrogen and oxygen atoms in total. The van der Waals surface area contributed by atoms with Crippen molar-refractivity contribution in [2.45, 2.75) is 25.8 Å². The quantitative estimate of drug-likeness (QED) is 0.591. The van der Waals surface area contributed by atoms with Gasteiger partial charge >= 0.3 is 0 Å². The zero-order valence-electron chi connectivity index (χ0n) is 7.22. The zero-order chi connectivity index (χ0) is 8.27. The molecule has 0 radical (unpaired) electrons. The average molecular weight is 152 g/mol. The summed E-state index contributed by atoms with van der Waals surface area (Å²) in [5.74, 6) is 0. The molecule has 1 aliphatic carbocycles. The molecule has 0 bridgehead atoms. The fourth-order valence-electron chi connectivity index (χ4n) is 1.42. The Balaban J connectivity index is 2.80. The van der Waals surface area contributed by atoms with E-state index in [2.05, 4.69) is 18.3 Å². The number of nitrogens with two attached hydrogens (primary N) is 1. The van der Waals surface area contributed by atoms with E-state index in [1.54, 1.807) is 0 Å². The Hall–Kier alpha value is -0.760. The van der Waals surface area contributed by atoms with Crippen LogP contribution in [0.25, 0.3) is 0 Å². The summed E-state index contributed by atoms with van der Waals surface area (Å²) < 4.78 is 0. The fraction of sp³-hybridized carbons (Fsp3) is 0.556.